The molecule has 1 unspecified atom stereocenters. The van der Waals surface area contributed by atoms with Crippen LogP contribution in [-0.4, -0.2) is 12.7 Å². The van der Waals surface area contributed by atoms with Crippen LogP contribution in [-0.2, 0) is 9.09 Å². The first-order chi connectivity index (χ1) is 7.72. The second-order valence-corrected chi connectivity index (χ2v) is 3.79. The van der Waals surface area contributed by atoms with Crippen LogP contribution >= 0.6 is 8.18 Å². The van der Waals surface area contributed by atoms with Gasteiger partial charge in [-0.25, -0.2) is 10.2 Å². The number of para-hydroxylation sites is 1. The molecule has 0 spiro atoms. The molecule has 0 aliphatic heterocycles. The Morgan fingerprint density at radius 1 is 1.38 bits per heavy atom. The molecular weight excluding hydrogens is 231 g/mol. The first-order valence-electron chi connectivity index (χ1n) is 4.68. The van der Waals surface area contributed by atoms with Gasteiger partial charge in [-0.15, -0.1) is 0 Å². The van der Waals surface area contributed by atoms with Crippen LogP contribution < -0.4 is 15.4 Å². The van der Waals surface area contributed by atoms with Crippen molar-refractivity contribution in [2.45, 2.75) is 6.92 Å². The van der Waals surface area contributed by atoms with E-state index in [0.717, 1.165) is 0 Å². The predicted octanol–water partition coefficient (Wildman–Crippen LogP) is 1.71. The van der Waals surface area contributed by atoms with E-state index in [9.17, 15) is 9.36 Å². The molecule has 1 aromatic rings. The fourth-order valence-electron chi connectivity index (χ4n) is 0.890. The maximum Gasteiger partial charge on any atom is 0.427 e. The Morgan fingerprint density at radius 2 is 2.06 bits per heavy atom. The van der Waals surface area contributed by atoms with Crippen LogP contribution in [0.15, 0.2) is 30.3 Å². The van der Waals surface area contributed by atoms with E-state index in [1.165, 1.54) is 0 Å². The minimum atomic E-state index is -2.44. The van der Waals surface area contributed by atoms with Crippen LogP contribution in [0, 0.1) is 0 Å². The number of benzene rings is 1. The second kappa shape index (κ2) is 7.00. The fourth-order valence-corrected chi connectivity index (χ4v) is 1.43. The summed E-state index contributed by atoms with van der Waals surface area (Å²) in [6, 6.07) is 8.53. The molecule has 1 aromatic carbocycles. The molecule has 6 nitrogen and oxygen atoms in total. The van der Waals surface area contributed by atoms with Gasteiger partial charge in [-0.1, -0.05) is 18.2 Å². The standard InChI is InChI=1S/C9H13N2O4P/c1-2-14-16(13)11-10-9(12)15-8-6-4-3-5-7-8/h3-7,16H,2H2,1H3,(H,10,12)(H,11,13). The van der Waals surface area contributed by atoms with Crippen molar-refractivity contribution in [3.63, 3.8) is 0 Å². The summed E-state index contributed by atoms with van der Waals surface area (Å²) in [4.78, 5) is 11.1. The summed E-state index contributed by atoms with van der Waals surface area (Å²) in [7, 11) is -2.44. The van der Waals surface area contributed by atoms with Crippen molar-refractivity contribution >= 4 is 14.3 Å². The van der Waals surface area contributed by atoms with Gasteiger partial charge in [0, 0.05) is 0 Å². The molecule has 0 saturated heterocycles. The molecule has 1 atom stereocenters. The smallest absolute Gasteiger partial charge is 0.409 e. The normalized spacial score (nSPS) is 11.8. The van der Waals surface area contributed by atoms with Crippen LogP contribution in [0.3, 0.4) is 0 Å². The minimum absolute atomic E-state index is 0.306. The van der Waals surface area contributed by atoms with E-state index in [1.807, 2.05) is 0 Å². The first-order valence-corrected chi connectivity index (χ1v) is 5.99. The molecule has 0 saturated carbocycles. The van der Waals surface area contributed by atoms with Gasteiger partial charge in [0.15, 0.2) is 0 Å². The summed E-state index contributed by atoms with van der Waals surface area (Å²) in [5, 5.41) is 2.20. The molecule has 0 radical (unpaired) electrons. The van der Waals surface area contributed by atoms with Crippen molar-refractivity contribution in [2.75, 3.05) is 6.61 Å². The summed E-state index contributed by atoms with van der Waals surface area (Å²) < 4.78 is 20.5. The number of ether oxygens (including phenoxy) is 1. The lowest BCUT2D eigenvalue weighted by atomic mass is 10.3. The zero-order valence-corrected chi connectivity index (χ0v) is 9.73. The zero-order chi connectivity index (χ0) is 11.8. The molecule has 16 heavy (non-hydrogen) atoms. The fraction of sp³-hybridized carbons (Fsp3) is 0.222. The van der Waals surface area contributed by atoms with Crippen LogP contribution in [0.4, 0.5) is 4.79 Å². The highest BCUT2D eigenvalue weighted by Gasteiger charge is 2.04. The number of rotatable bonds is 5. The molecule has 7 heteroatoms. The van der Waals surface area contributed by atoms with Crippen LogP contribution in [0.5, 0.6) is 5.75 Å². The molecule has 0 aromatic heterocycles. The monoisotopic (exact) mass is 244 g/mol. The molecule has 0 heterocycles. The maximum absolute atomic E-state index is 11.1. The highest BCUT2D eigenvalue weighted by Crippen LogP contribution is 2.13. The molecule has 1 amide bonds. The van der Waals surface area contributed by atoms with Gasteiger partial charge in [-0.05, 0) is 19.1 Å². The van der Waals surface area contributed by atoms with Gasteiger partial charge in [-0.3, -0.25) is 4.57 Å². The number of amides is 1. The Hall–Kier alpha value is -1.36. The van der Waals surface area contributed by atoms with E-state index in [1.54, 1.807) is 37.3 Å². The lowest BCUT2D eigenvalue weighted by molar-refractivity contribution is 0.197. The van der Waals surface area contributed by atoms with Crippen LogP contribution in [0.2, 0.25) is 0 Å². The third kappa shape index (κ3) is 4.93. The van der Waals surface area contributed by atoms with Gasteiger partial charge in [0.25, 0.3) is 8.18 Å². The van der Waals surface area contributed by atoms with E-state index < -0.39 is 14.3 Å². The summed E-state index contributed by atoms with van der Waals surface area (Å²) in [6.45, 7) is 2.01. The lowest BCUT2D eigenvalue weighted by Gasteiger charge is -2.07. The van der Waals surface area contributed by atoms with Crippen molar-refractivity contribution in [1.29, 1.82) is 0 Å². The van der Waals surface area contributed by atoms with Crippen molar-refractivity contribution in [3.05, 3.63) is 30.3 Å². The first kappa shape index (κ1) is 12.7. The Morgan fingerprint density at radius 3 is 2.69 bits per heavy atom. The van der Waals surface area contributed by atoms with Gasteiger partial charge in [0.1, 0.15) is 5.75 Å². The Bertz CT molecular complexity index is 358. The van der Waals surface area contributed by atoms with Crippen molar-refractivity contribution in [1.82, 2.24) is 10.6 Å². The molecule has 0 fully saturated rings. The Labute approximate surface area is 93.8 Å². The van der Waals surface area contributed by atoms with Gasteiger partial charge in [0.05, 0.1) is 6.61 Å². The van der Waals surface area contributed by atoms with E-state index >= 15 is 0 Å². The maximum atomic E-state index is 11.1. The van der Waals surface area contributed by atoms with E-state index in [0.29, 0.717) is 12.4 Å². The van der Waals surface area contributed by atoms with Crippen LogP contribution in [0.1, 0.15) is 6.92 Å². The third-order valence-electron chi connectivity index (χ3n) is 1.50. The predicted molar refractivity (Wildman–Crippen MR) is 59.4 cm³/mol. The quantitative estimate of drug-likeness (QED) is 0.609. The number of hydrazine groups is 1. The number of carbonyl (C=O) groups excluding carboxylic acids is 1. The molecular formula is C9H13N2O4P. The van der Waals surface area contributed by atoms with Crippen molar-refractivity contribution in [3.8, 4) is 5.75 Å². The van der Waals surface area contributed by atoms with Gasteiger partial charge < -0.3 is 9.26 Å². The van der Waals surface area contributed by atoms with Crippen molar-refractivity contribution < 1.29 is 18.6 Å². The summed E-state index contributed by atoms with van der Waals surface area (Å²) >= 11 is 0. The highest BCUT2D eigenvalue weighted by molar-refractivity contribution is 7.36. The van der Waals surface area contributed by atoms with E-state index in [-0.39, 0.29) is 0 Å². The molecule has 0 aliphatic rings. The van der Waals surface area contributed by atoms with Crippen molar-refractivity contribution in [2.24, 2.45) is 0 Å². The summed E-state index contributed by atoms with van der Waals surface area (Å²) in [5.74, 6) is 0.401. The SMILES string of the molecule is CCO[PH](=O)NNC(=O)Oc1ccccc1. The Balaban J connectivity index is 2.29. The third-order valence-corrected chi connectivity index (χ3v) is 2.38. The largest absolute Gasteiger partial charge is 0.427 e. The number of hydrogen-bond donors (Lipinski definition) is 2. The molecule has 1 rings (SSSR count). The zero-order valence-electron chi connectivity index (χ0n) is 8.73. The average Bonchev–Trinajstić information content (AvgIpc) is 2.28. The van der Waals surface area contributed by atoms with Gasteiger partial charge >= 0.3 is 6.09 Å². The Kier molecular flexibility index (Phi) is 5.56. The minimum Gasteiger partial charge on any atom is -0.409 e. The lowest BCUT2D eigenvalue weighted by Crippen LogP contribution is -2.35. The van der Waals surface area contributed by atoms with E-state index in [4.69, 9.17) is 9.26 Å². The molecule has 88 valence electrons. The topological polar surface area (TPSA) is 76.7 Å². The highest BCUT2D eigenvalue weighted by atomic mass is 31.1. The second-order valence-electron chi connectivity index (χ2n) is 2.67. The number of carbonyl (C=O) groups is 1. The molecule has 0 aliphatic carbocycles. The van der Waals surface area contributed by atoms with Crippen LogP contribution in [0.25, 0.3) is 0 Å². The molecule has 0 bridgehead atoms. The number of nitrogens with one attached hydrogen (secondary N) is 2. The summed E-state index contributed by atoms with van der Waals surface area (Å²) in [5.41, 5.74) is 2.11. The van der Waals surface area contributed by atoms with E-state index in [2.05, 4.69) is 10.6 Å². The average molecular weight is 244 g/mol. The van der Waals surface area contributed by atoms with Gasteiger partial charge in [-0.2, -0.15) is 5.20 Å². The van der Waals surface area contributed by atoms with Gasteiger partial charge in [0.2, 0.25) is 0 Å². The summed E-state index contributed by atoms with van der Waals surface area (Å²) in [6.07, 6.45) is -0.746. The molecule has 2 N–H and O–H groups in total. The number of hydrogen-bond acceptors (Lipinski definition) is 4.